The van der Waals surface area contributed by atoms with Gasteiger partial charge in [-0.3, -0.25) is 0 Å². The van der Waals surface area contributed by atoms with Gasteiger partial charge in [-0.1, -0.05) is 95.5 Å². The number of rotatable bonds is 6. The zero-order valence-electron chi connectivity index (χ0n) is 11.2. The van der Waals surface area contributed by atoms with Crippen LogP contribution in [-0.2, 0) is 0 Å². The van der Waals surface area contributed by atoms with E-state index >= 15 is 0 Å². The highest BCUT2D eigenvalue weighted by molar-refractivity contribution is 6.62. The van der Waals surface area contributed by atoms with Gasteiger partial charge in [0.15, 0.2) is 0 Å². The van der Waals surface area contributed by atoms with Crippen molar-refractivity contribution in [3.63, 3.8) is 0 Å². The van der Waals surface area contributed by atoms with E-state index in [-0.39, 0.29) is 0 Å². The van der Waals surface area contributed by atoms with Crippen LogP contribution in [0.5, 0.6) is 0 Å². The summed E-state index contributed by atoms with van der Waals surface area (Å²) < 4.78 is 0. The molecule has 92 valence electrons. The van der Waals surface area contributed by atoms with E-state index < -0.39 is 0 Å². The summed E-state index contributed by atoms with van der Waals surface area (Å²) in [5.41, 5.74) is 0. The van der Waals surface area contributed by atoms with Crippen LogP contribution < -0.4 is 0 Å². The monoisotopic (exact) mass is 220 g/mol. The van der Waals surface area contributed by atoms with Crippen LogP contribution in [0.4, 0.5) is 0 Å². The second-order valence-electron chi connectivity index (χ2n) is 6.25. The minimum Gasteiger partial charge on any atom is -0.0737 e. The molecule has 0 spiro atoms. The van der Waals surface area contributed by atoms with Gasteiger partial charge in [-0.25, -0.2) is 0 Å². The number of hydrogen-bond acceptors (Lipinski definition) is 0. The van der Waals surface area contributed by atoms with Gasteiger partial charge in [0.05, 0.1) is 0 Å². The molecule has 0 heterocycles. The van der Waals surface area contributed by atoms with Crippen molar-refractivity contribution in [3.8, 4) is 0 Å². The third kappa shape index (κ3) is 3.28. The molecule has 0 aromatic rings. The summed E-state index contributed by atoms with van der Waals surface area (Å²) in [6, 6.07) is 0. The predicted molar refractivity (Wildman–Crippen MR) is 74.5 cm³/mol. The lowest BCUT2D eigenvalue weighted by Crippen LogP contribution is -2.24. The number of unbranched alkanes of at least 4 members (excludes halogenated alkanes) is 2. The molecule has 2 aliphatic rings. The number of hydrogen-bond donors (Lipinski definition) is 0. The van der Waals surface area contributed by atoms with E-state index in [1.54, 1.807) is 32.0 Å². The fourth-order valence-electron chi connectivity index (χ4n) is 4.26. The molecule has 16 heavy (non-hydrogen) atoms. The van der Waals surface area contributed by atoms with Crippen molar-refractivity contribution in [3.05, 3.63) is 0 Å². The molecule has 2 rings (SSSR count). The van der Waals surface area contributed by atoms with E-state index in [0.29, 0.717) is 0 Å². The Morgan fingerprint density at radius 2 is 1.31 bits per heavy atom. The minimum atomic E-state index is 1.12. The van der Waals surface area contributed by atoms with E-state index in [9.17, 15) is 0 Å². The zero-order valence-corrected chi connectivity index (χ0v) is 11.2. The predicted octanol–water partition coefficient (Wildman–Crippen LogP) is 5.56. The van der Waals surface area contributed by atoms with E-state index in [4.69, 9.17) is 0 Å². The molecule has 0 atom stereocenters. The fourth-order valence-corrected chi connectivity index (χ4v) is 4.26. The van der Waals surface area contributed by atoms with Crippen LogP contribution in [0.25, 0.3) is 0 Å². The molecule has 0 nitrogen and oxygen atoms in total. The Bertz CT molecular complexity index is 162. The standard InChI is InChI=1S/C15H29B/c1-2-3-8-13-16(14-9-4-5-10-14)15-11-6-7-12-15/h14-15H,2-13H2,1H3. The Balaban J connectivity index is 1.83. The molecule has 2 saturated carbocycles. The summed E-state index contributed by atoms with van der Waals surface area (Å²) in [4.78, 5) is 0. The summed E-state index contributed by atoms with van der Waals surface area (Å²) in [5.74, 6) is 2.25. The molecular weight excluding hydrogens is 191 g/mol. The highest BCUT2D eigenvalue weighted by Crippen LogP contribution is 2.45. The van der Waals surface area contributed by atoms with Crippen LogP contribution in [0.2, 0.25) is 18.0 Å². The smallest absolute Gasteiger partial charge is 0.0737 e. The molecule has 0 N–H and O–H groups in total. The maximum absolute atomic E-state index is 2.33. The molecule has 0 bridgehead atoms. The van der Waals surface area contributed by atoms with Gasteiger partial charge in [0.25, 0.3) is 0 Å². The van der Waals surface area contributed by atoms with Gasteiger partial charge in [0.2, 0.25) is 0 Å². The van der Waals surface area contributed by atoms with Crippen molar-refractivity contribution in [2.45, 2.75) is 95.5 Å². The van der Waals surface area contributed by atoms with E-state index in [1.165, 1.54) is 44.9 Å². The van der Waals surface area contributed by atoms with Crippen molar-refractivity contribution in [2.75, 3.05) is 0 Å². The van der Waals surface area contributed by atoms with Crippen LogP contribution in [0.3, 0.4) is 0 Å². The first-order valence-corrected chi connectivity index (χ1v) is 7.92. The molecule has 2 fully saturated rings. The van der Waals surface area contributed by atoms with Gasteiger partial charge in [0, 0.05) is 0 Å². The third-order valence-electron chi connectivity index (χ3n) is 5.15. The Hall–Kier alpha value is 0.0649. The zero-order chi connectivity index (χ0) is 11.2. The lowest BCUT2D eigenvalue weighted by molar-refractivity contribution is 0.719. The van der Waals surface area contributed by atoms with Crippen LogP contribution in [0.1, 0.15) is 77.6 Å². The maximum Gasteiger partial charge on any atom is 0.146 e. The SMILES string of the molecule is CCCCCB(C1CCCC1)C1CCCC1. The Morgan fingerprint density at radius 1 is 0.812 bits per heavy atom. The van der Waals surface area contributed by atoms with Gasteiger partial charge in [0.1, 0.15) is 6.71 Å². The molecule has 0 aliphatic heterocycles. The molecule has 0 radical (unpaired) electrons. The highest BCUT2D eigenvalue weighted by atomic mass is 14.2. The van der Waals surface area contributed by atoms with Crippen molar-refractivity contribution in [2.24, 2.45) is 0 Å². The minimum absolute atomic E-state index is 1.12. The fraction of sp³-hybridized carbons (Fsp3) is 1.00. The third-order valence-corrected chi connectivity index (χ3v) is 5.15. The van der Waals surface area contributed by atoms with Crippen LogP contribution in [0, 0.1) is 0 Å². The average molecular weight is 220 g/mol. The first kappa shape index (κ1) is 12.5. The first-order chi connectivity index (χ1) is 7.92. The van der Waals surface area contributed by atoms with Crippen LogP contribution >= 0.6 is 0 Å². The quantitative estimate of drug-likeness (QED) is 0.406. The molecule has 0 aromatic heterocycles. The Kier molecular flexibility index (Phi) is 5.26. The van der Waals surface area contributed by atoms with Crippen molar-refractivity contribution >= 4 is 6.71 Å². The molecule has 0 amide bonds. The molecule has 2 aliphatic carbocycles. The maximum atomic E-state index is 2.33. The largest absolute Gasteiger partial charge is 0.146 e. The summed E-state index contributed by atoms with van der Waals surface area (Å²) >= 11 is 0. The molecule has 0 unspecified atom stereocenters. The molecule has 1 heteroatoms. The van der Waals surface area contributed by atoms with E-state index in [0.717, 1.165) is 18.3 Å². The van der Waals surface area contributed by atoms with Gasteiger partial charge in [-0.2, -0.15) is 0 Å². The van der Waals surface area contributed by atoms with Crippen molar-refractivity contribution in [1.29, 1.82) is 0 Å². The van der Waals surface area contributed by atoms with E-state index in [1.807, 2.05) is 0 Å². The first-order valence-electron chi connectivity index (χ1n) is 7.92. The molecule has 0 aromatic carbocycles. The highest BCUT2D eigenvalue weighted by Gasteiger charge is 2.35. The van der Waals surface area contributed by atoms with Gasteiger partial charge >= 0.3 is 0 Å². The van der Waals surface area contributed by atoms with Gasteiger partial charge in [-0.05, 0) is 0 Å². The summed E-state index contributed by atoms with van der Waals surface area (Å²) in [6.07, 6.45) is 18.3. The Labute approximate surface area is 103 Å². The van der Waals surface area contributed by atoms with Crippen LogP contribution in [-0.4, -0.2) is 6.71 Å². The van der Waals surface area contributed by atoms with E-state index in [2.05, 4.69) is 6.92 Å². The molecular formula is C15H29B. The van der Waals surface area contributed by atoms with Gasteiger partial charge in [-0.15, -0.1) is 0 Å². The van der Waals surface area contributed by atoms with Crippen molar-refractivity contribution in [1.82, 2.24) is 0 Å². The lowest BCUT2D eigenvalue weighted by atomic mass is 9.31. The van der Waals surface area contributed by atoms with Gasteiger partial charge < -0.3 is 0 Å². The average Bonchev–Trinajstić information content (AvgIpc) is 2.97. The lowest BCUT2D eigenvalue weighted by Gasteiger charge is -2.26. The normalized spacial score (nSPS) is 23.1. The second-order valence-corrected chi connectivity index (χ2v) is 6.25. The summed E-state index contributed by atoms with van der Waals surface area (Å²) in [7, 11) is 0. The van der Waals surface area contributed by atoms with Crippen molar-refractivity contribution < 1.29 is 0 Å². The second kappa shape index (κ2) is 6.72. The summed E-state index contributed by atoms with van der Waals surface area (Å²) in [6.45, 7) is 3.46. The topological polar surface area (TPSA) is 0 Å². The summed E-state index contributed by atoms with van der Waals surface area (Å²) in [5, 5.41) is 0. The van der Waals surface area contributed by atoms with Crippen LogP contribution in [0.15, 0.2) is 0 Å². The Morgan fingerprint density at radius 3 is 1.75 bits per heavy atom. The molecule has 0 saturated heterocycles.